The molecule has 3 heterocycles. The van der Waals surface area contributed by atoms with Crippen molar-refractivity contribution in [2.75, 3.05) is 25.5 Å². The van der Waals surface area contributed by atoms with E-state index in [0.717, 1.165) is 36.2 Å². The number of nitrogens with two attached hydrogens (primary N) is 1. The zero-order chi connectivity index (χ0) is 20.5. The molecule has 156 valence electrons. The molecular formula is C19H23F3N6O. The second-order valence-corrected chi connectivity index (χ2v) is 7.27. The number of piperidine rings is 1. The van der Waals surface area contributed by atoms with Gasteiger partial charge in [-0.3, -0.25) is 0 Å². The lowest BCUT2D eigenvalue weighted by molar-refractivity contribution is 0.0113. The van der Waals surface area contributed by atoms with Gasteiger partial charge in [0.25, 0.3) is 12.3 Å². The zero-order valence-corrected chi connectivity index (χ0v) is 16.0. The predicted octanol–water partition coefficient (Wildman–Crippen LogP) is 3.39. The highest BCUT2D eigenvalue weighted by Gasteiger charge is 2.29. The number of fused-ring (bicyclic) bond motifs is 1. The number of halogens is 3. The Kier molecular flexibility index (Phi) is 5.46. The van der Waals surface area contributed by atoms with Crippen molar-refractivity contribution < 1.29 is 17.6 Å². The van der Waals surface area contributed by atoms with Gasteiger partial charge in [0, 0.05) is 17.1 Å². The summed E-state index contributed by atoms with van der Waals surface area (Å²) in [6, 6.07) is 7.05. The highest BCUT2D eigenvalue weighted by atomic mass is 19.3. The molecular weight excluding hydrogens is 385 g/mol. The van der Waals surface area contributed by atoms with E-state index in [2.05, 4.69) is 27.5 Å². The van der Waals surface area contributed by atoms with E-state index < -0.39 is 12.7 Å². The lowest BCUT2D eigenvalue weighted by Crippen LogP contribution is -2.36. The van der Waals surface area contributed by atoms with Gasteiger partial charge < -0.3 is 24.9 Å². The van der Waals surface area contributed by atoms with Gasteiger partial charge in [-0.1, -0.05) is 6.07 Å². The highest BCUT2D eigenvalue weighted by molar-refractivity contribution is 5.96. The van der Waals surface area contributed by atoms with Crippen LogP contribution in [0.5, 0.6) is 0 Å². The van der Waals surface area contributed by atoms with Crippen LogP contribution in [0.4, 0.5) is 18.9 Å². The minimum atomic E-state index is -3.20. The van der Waals surface area contributed by atoms with Crippen LogP contribution in [0.1, 0.15) is 25.0 Å². The Labute approximate surface area is 165 Å². The molecule has 1 aliphatic rings. The number of anilines is 1. The molecule has 0 aliphatic carbocycles. The molecule has 0 amide bonds. The van der Waals surface area contributed by atoms with Crippen molar-refractivity contribution in [3.05, 3.63) is 30.2 Å². The fraction of sp³-hybridized carbons (Fsp3) is 0.474. The molecule has 1 atom stereocenters. The van der Waals surface area contributed by atoms with Gasteiger partial charge in [0.2, 0.25) is 12.2 Å². The van der Waals surface area contributed by atoms with Gasteiger partial charge in [-0.15, -0.1) is 10.2 Å². The number of nitrogens with one attached hydrogen (secondary N) is 1. The molecule has 0 radical (unpaired) electrons. The van der Waals surface area contributed by atoms with Crippen LogP contribution in [-0.4, -0.2) is 52.3 Å². The van der Waals surface area contributed by atoms with Gasteiger partial charge in [0.1, 0.15) is 5.69 Å². The van der Waals surface area contributed by atoms with Gasteiger partial charge in [-0.05, 0) is 51.2 Å². The zero-order valence-electron chi connectivity index (χ0n) is 16.0. The van der Waals surface area contributed by atoms with Crippen molar-refractivity contribution >= 4 is 16.6 Å². The summed E-state index contributed by atoms with van der Waals surface area (Å²) in [5, 5.41) is 11.7. The Bertz CT molecular complexity index is 980. The number of aromatic nitrogens is 3. The van der Waals surface area contributed by atoms with Gasteiger partial charge in [0.15, 0.2) is 0 Å². The summed E-state index contributed by atoms with van der Waals surface area (Å²) in [6.07, 6.45) is -3.82. The number of rotatable bonds is 6. The minimum Gasteiger partial charge on any atom is -0.418 e. The maximum atomic E-state index is 14.6. The van der Waals surface area contributed by atoms with Crippen molar-refractivity contribution in [3.8, 4) is 11.6 Å². The third kappa shape index (κ3) is 3.82. The van der Waals surface area contributed by atoms with Crippen molar-refractivity contribution in [1.82, 2.24) is 19.7 Å². The van der Waals surface area contributed by atoms with Crippen molar-refractivity contribution in [2.24, 2.45) is 5.73 Å². The van der Waals surface area contributed by atoms with Gasteiger partial charge in [-0.2, -0.15) is 0 Å². The van der Waals surface area contributed by atoms with Crippen LogP contribution in [0, 0.1) is 0 Å². The second kappa shape index (κ2) is 8.03. The Hall–Kier alpha value is -2.59. The second-order valence-electron chi connectivity index (χ2n) is 7.27. The van der Waals surface area contributed by atoms with Crippen LogP contribution in [0.3, 0.4) is 0 Å². The number of hydrogen-bond acceptors (Lipinski definition) is 6. The Balaban J connectivity index is 1.78. The summed E-state index contributed by atoms with van der Waals surface area (Å²) in [6.45, 7) is 1.95. The molecule has 4 rings (SSSR count). The first-order valence-electron chi connectivity index (χ1n) is 9.52. The lowest BCUT2D eigenvalue weighted by atomic mass is 10.0. The van der Waals surface area contributed by atoms with Gasteiger partial charge >= 0.3 is 0 Å². The summed E-state index contributed by atoms with van der Waals surface area (Å²) in [5.41, 5.74) is 6.68. The number of likely N-dealkylation sites (tertiary alicyclic amines) is 1. The molecule has 2 aromatic heterocycles. The highest BCUT2D eigenvalue weighted by Crippen LogP contribution is 2.37. The molecule has 1 unspecified atom stereocenters. The first kappa shape index (κ1) is 19.7. The molecule has 0 saturated carbocycles. The topological polar surface area (TPSA) is 85.1 Å². The minimum absolute atomic E-state index is 0.00403. The van der Waals surface area contributed by atoms with Crippen LogP contribution in [0.15, 0.2) is 28.7 Å². The summed E-state index contributed by atoms with van der Waals surface area (Å²) in [7, 11) is 2.08. The molecule has 1 aliphatic heterocycles. The summed E-state index contributed by atoms with van der Waals surface area (Å²) in [4.78, 5) is 2.26. The lowest BCUT2D eigenvalue weighted by Gasteiger charge is -2.30. The quantitative estimate of drug-likeness (QED) is 0.650. The van der Waals surface area contributed by atoms with Crippen LogP contribution < -0.4 is 11.1 Å². The smallest absolute Gasteiger partial charge is 0.288 e. The van der Waals surface area contributed by atoms with Crippen molar-refractivity contribution in [1.29, 1.82) is 0 Å². The number of hydrogen-bond donors (Lipinski definition) is 2. The standard InChI is InChI=1S/C19H23F3N6O/c1-27-7-5-11(6-8-27)24-13-3-2-4-14-12(13)9-15(28(14)18(22)17(20)21)19-26-25-16(10-23)29-19/h2-4,9,11,17-18,24H,5-8,10,23H2,1H3. The average molecular weight is 408 g/mol. The van der Waals surface area contributed by atoms with Crippen LogP contribution >= 0.6 is 0 Å². The summed E-state index contributed by atoms with van der Waals surface area (Å²) in [5.74, 6) is 0.101. The van der Waals surface area contributed by atoms with E-state index in [-0.39, 0.29) is 30.1 Å². The molecule has 0 spiro atoms. The maximum Gasteiger partial charge on any atom is 0.288 e. The Morgan fingerprint density at radius 1 is 1.24 bits per heavy atom. The summed E-state index contributed by atoms with van der Waals surface area (Å²) < 4.78 is 47.5. The Morgan fingerprint density at radius 2 is 2.00 bits per heavy atom. The maximum absolute atomic E-state index is 14.6. The van der Waals surface area contributed by atoms with E-state index in [1.54, 1.807) is 18.2 Å². The van der Waals surface area contributed by atoms with E-state index in [1.807, 2.05) is 6.07 Å². The fourth-order valence-corrected chi connectivity index (χ4v) is 3.73. The molecule has 1 aromatic carbocycles. The number of nitrogens with zero attached hydrogens (tertiary/aromatic N) is 4. The Morgan fingerprint density at radius 3 is 2.66 bits per heavy atom. The van der Waals surface area contributed by atoms with Crippen LogP contribution in [-0.2, 0) is 6.54 Å². The molecule has 3 N–H and O–H groups in total. The van der Waals surface area contributed by atoms with Gasteiger partial charge in [-0.25, -0.2) is 13.2 Å². The number of alkyl halides is 3. The molecule has 0 bridgehead atoms. The molecule has 29 heavy (non-hydrogen) atoms. The normalized spacial score (nSPS) is 17.3. The van der Waals surface area contributed by atoms with Crippen molar-refractivity contribution in [2.45, 2.75) is 38.1 Å². The molecule has 1 saturated heterocycles. The first-order valence-corrected chi connectivity index (χ1v) is 9.52. The molecule has 10 heteroatoms. The molecule has 7 nitrogen and oxygen atoms in total. The SMILES string of the molecule is CN1CCC(Nc2cccc3c2cc(-c2nnc(CN)o2)n3C(F)C(F)F)CC1. The molecule has 3 aromatic rings. The van der Waals surface area contributed by atoms with Gasteiger partial charge in [0.05, 0.1) is 12.1 Å². The van der Waals surface area contributed by atoms with Crippen molar-refractivity contribution in [3.63, 3.8) is 0 Å². The van der Waals surface area contributed by atoms with Crippen LogP contribution in [0.2, 0.25) is 0 Å². The third-order valence-electron chi connectivity index (χ3n) is 5.28. The largest absolute Gasteiger partial charge is 0.418 e. The van der Waals surface area contributed by atoms with E-state index in [0.29, 0.717) is 10.9 Å². The fourth-order valence-electron chi connectivity index (χ4n) is 3.73. The van der Waals surface area contributed by atoms with E-state index in [4.69, 9.17) is 10.2 Å². The summed E-state index contributed by atoms with van der Waals surface area (Å²) >= 11 is 0. The predicted molar refractivity (Wildman–Crippen MR) is 103 cm³/mol. The molecule has 1 fully saturated rings. The van der Waals surface area contributed by atoms with Crippen LogP contribution in [0.25, 0.3) is 22.5 Å². The monoisotopic (exact) mass is 408 g/mol. The van der Waals surface area contributed by atoms with E-state index in [9.17, 15) is 13.2 Å². The average Bonchev–Trinajstić information content (AvgIpc) is 3.34. The first-order chi connectivity index (χ1) is 14.0. The third-order valence-corrected chi connectivity index (χ3v) is 5.28. The van der Waals surface area contributed by atoms with E-state index >= 15 is 0 Å². The van der Waals surface area contributed by atoms with E-state index in [1.165, 1.54) is 0 Å². The number of benzene rings is 1.